The number of rotatable bonds is 2. The minimum absolute atomic E-state index is 0.0467. The average molecular weight is 337 g/mol. The van der Waals surface area contributed by atoms with Crippen LogP contribution in [0.1, 0.15) is 30.3 Å². The lowest BCUT2D eigenvalue weighted by molar-refractivity contribution is 0.0678. The van der Waals surface area contributed by atoms with Crippen molar-refractivity contribution in [2.24, 2.45) is 5.92 Å². The maximum absolute atomic E-state index is 13.3. The summed E-state index contributed by atoms with van der Waals surface area (Å²) < 4.78 is 15.2. The fraction of sp³-hybridized carbons (Fsp3) is 0.300. The highest BCUT2D eigenvalue weighted by molar-refractivity contribution is 5.99. The Balaban J connectivity index is 1.84. The molecule has 128 valence electrons. The van der Waals surface area contributed by atoms with Gasteiger partial charge in [0, 0.05) is 24.8 Å². The van der Waals surface area contributed by atoms with Crippen LogP contribution in [0, 0.1) is 11.7 Å². The standard InChI is InChI=1S/C20H20FN3O/c1-14-5-4-11-23(13-14)20(25)18-19(15-7-9-16(21)10-8-15)24-12-3-2-6-17(24)22-18/h2-3,6-10,12,14H,4-5,11,13H2,1H3/t14-/m1/s1. The molecule has 0 spiro atoms. The molecule has 25 heavy (non-hydrogen) atoms. The van der Waals surface area contributed by atoms with Gasteiger partial charge in [-0.1, -0.05) is 13.0 Å². The molecule has 1 atom stereocenters. The Hall–Kier alpha value is -2.69. The summed E-state index contributed by atoms with van der Waals surface area (Å²) >= 11 is 0. The van der Waals surface area contributed by atoms with Crippen LogP contribution in [0.15, 0.2) is 48.7 Å². The molecule has 0 saturated carbocycles. The van der Waals surface area contributed by atoms with Gasteiger partial charge in [0.25, 0.3) is 5.91 Å². The van der Waals surface area contributed by atoms with E-state index in [2.05, 4.69) is 11.9 Å². The predicted octanol–water partition coefficient (Wildman–Crippen LogP) is 4.01. The van der Waals surface area contributed by atoms with Gasteiger partial charge in [-0.05, 0) is 55.2 Å². The van der Waals surface area contributed by atoms with E-state index in [-0.39, 0.29) is 11.7 Å². The molecule has 1 aliphatic heterocycles. The van der Waals surface area contributed by atoms with E-state index in [1.54, 1.807) is 12.1 Å². The highest BCUT2D eigenvalue weighted by Gasteiger charge is 2.27. The molecule has 4 rings (SSSR count). The Morgan fingerprint density at radius 3 is 2.76 bits per heavy atom. The molecule has 2 aromatic heterocycles. The molecular formula is C20H20FN3O. The number of aromatic nitrogens is 2. The second-order valence-electron chi connectivity index (χ2n) is 6.74. The van der Waals surface area contributed by atoms with E-state index in [9.17, 15) is 9.18 Å². The Morgan fingerprint density at radius 1 is 1.20 bits per heavy atom. The minimum Gasteiger partial charge on any atom is -0.337 e. The largest absolute Gasteiger partial charge is 0.337 e. The van der Waals surface area contributed by atoms with Crippen LogP contribution in [0.4, 0.5) is 4.39 Å². The van der Waals surface area contributed by atoms with E-state index in [1.807, 2.05) is 33.7 Å². The summed E-state index contributed by atoms with van der Waals surface area (Å²) in [6, 6.07) is 11.9. The molecule has 1 amide bonds. The average Bonchev–Trinajstić information content (AvgIpc) is 3.01. The maximum atomic E-state index is 13.3. The van der Waals surface area contributed by atoms with E-state index in [4.69, 9.17) is 0 Å². The number of fused-ring (bicyclic) bond motifs is 1. The minimum atomic E-state index is -0.296. The monoisotopic (exact) mass is 337 g/mol. The fourth-order valence-electron chi connectivity index (χ4n) is 3.55. The van der Waals surface area contributed by atoms with Crippen LogP contribution >= 0.6 is 0 Å². The van der Waals surface area contributed by atoms with E-state index >= 15 is 0 Å². The van der Waals surface area contributed by atoms with Crippen LogP contribution < -0.4 is 0 Å². The summed E-state index contributed by atoms with van der Waals surface area (Å²) in [6.07, 6.45) is 4.06. The Labute approximate surface area is 145 Å². The van der Waals surface area contributed by atoms with Crippen molar-refractivity contribution in [2.75, 3.05) is 13.1 Å². The van der Waals surface area contributed by atoms with Crippen LogP contribution in [0.5, 0.6) is 0 Å². The van der Waals surface area contributed by atoms with Crippen molar-refractivity contribution in [1.29, 1.82) is 0 Å². The molecule has 0 radical (unpaired) electrons. The zero-order chi connectivity index (χ0) is 17.4. The first-order chi connectivity index (χ1) is 12.1. The van der Waals surface area contributed by atoms with Crippen molar-refractivity contribution in [1.82, 2.24) is 14.3 Å². The fourth-order valence-corrected chi connectivity index (χ4v) is 3.55. The zero-order valence-electron chi connectivity index (χ0n) is 14.2. The molecule has 1 fully saturated rings. The third kappa shape index (κ3) is 2.90. The van der Waals surface area contributed by atoms with Crippen LogP contribution in [0.2, 0.25) is 0 Å². The van der Waals surface area contributed by atoms with E-state index in [0.717, 1.165) is 42.8 Å². The summed E-state index contributed by atoms with van der Waals surface area (Å²) in [7, 11) is 0. The quantitative estimate of drug-likeness (QED) is 0.708. The smallest absolute Gasteiger partial charge is 0.274 e. The van der Waals surface area contributed by atoms with Gasteiger partial charge in [-0.15, -0.1) is 0 Å². The normalized spacial score (nSPS) is 17.8. The molecule has 3 aromatic rings. The van der Waals surface area contributed by atoms with E-state index in [1.165, 1.54) is 12.1 Å². The molecule has 1 aromatic carbocycles. The van der Waals surface area contributed by atoms with E-state index < -0.39 is 0 Å². The number of hydrogen-bond acceptors (Lipinski definition) is 2. The zero-order valence-corrected chi connectivity index (χ0v) is 14.2. The number of benzene rings is 1. The number of nitrogens with zero attached hydrogens (tertiary/aromatic N) is 3. The molecule has 1 saturated heterocycles. The van der Waals surface area contributed by atoms with Crippen LogP contribution in [0.3, 0.4) is 0 Å². The lowest BCUT2D eigenvalue weighted by Crippen LogP contribution is -2.39. The first kappa shape index (κ1) is 15.8. The highest BCUT2D eigenvalue weighted by atomic mass is 19.1. The lowest BCUT2D eigenvalue weighted by atomic mass is 9.99. The second-order valence-corrected chi connectivity index (χ2v) is 6.74. The van der Waals surface area contributed by atoms with Gasteiger partial charge < -0.3 is 4.90 Å². The molecule has 0 aliphatic carbocycles. The van der Waals surface area contributed by atoms with Gasteiger partial charge in [0.2, 0.25) is 0 Å². The number of amides is 1. The number of carbonyl (C=O) groups is 1. The van der Waals surface area contributed by atoms with Gasteiger partial charge in [0.05, 0.1) is 5.69 Å². The summed E-state index contributed by atoms with van der Waals surface area (Å²) in [5.74, 6) is 0.161. The van der Waals surface area contributed by atoms with Crippen molar-refractivity contribution < 1.29 is 9.18 Å². The third-order valence-corrected chi connectivity index (χ3v) is 4.79. The molecule has 0 N–H and O–H groups in total. The molecule has 5 heteroatoms. The number of imidazole rings is 1. The first-order valence-corrected chi connectivity index (χ1v) is 8.66. The van der Waals surface area contributed by atoms with Crippen molar-refractivity contribution in [3.63, 3.8) is 0 Å². The Morgan fingerprint density at radius 2 is 2.00 bits per heavy atom. The van der Waals surface area contributed by atoms with Gasteiger partial charge in [0.1, 0.15) is 11.5 Å². The molecular weight excluding hydrogens is 317 g/mol. The third-order valence-electron chi connectivity index (χ3n) is 4.79. The summed E-state index contributed by atoms with van der Waals surface area (Å²) in [5, 5.41) is 0. The second kappa shape index (κ2) is 6.31. The van der Waals surface area contributed by atoms with Gasteiger partial charge >= 0.3 is 0 Å². The number of piperidine rings is 1. The SMILES string of the molecule is C[C@@H]1CCCN(C(=O)c2nc3ccccn3c2-c2ccc(F)cc2)C1. The number of carbonyl (C=O) groups excluding carboxylic acids is 1. The molecule has 0 bridgehead atoms. The first-order valence-electron chi connectivity index (χ1n) is 8.66. The molecule has 0 unspecified atom stereocenters. The van der Waals surface area contributed by atoms with Gasteiger partial charge in [-0.25, -0.2) is 9.37 Å². The van der Waals surface area contributed by atoms with Crippen molar-refractivity contribution >= 4 is 11.6 Å². The Bertz CT molecular complexity index is 916. The number of halogens is 1. The van der Waals surface area contributed by atoms with Crippen LogP contribution in [0.25, 0.3) is 16.9 Å². The predicted molar refractivity (Wildman–Crippen MR) is 94.9 cm³/mol. The van der Waals surface area contributed by atoms with Gasteiger partial charge in [0.15, 0.2) is 5.69 Å². The lowest BCUT2D eigenvalue weighted by Gasteiger charge is -2.30. The van der Waals surface area contributed by atoms with E-state index in [0.29, 0.717) is 11.6 Å². The molecule has 4 nitrogen and oxygen atoms in total. The van der Waals surface area contributed by atoms with Crippen molar-refractivity contribution in [3.05, 3.63) is 60.2 Å². The highest BCUT2D eigenvalue weighted by Crippen LogP contribution is 2.28. The van der Waals surface area contributed by atoms with Gasteiger partial charge in [-0.2, -0.15) is 0 Å². The number of pyridine rings is 1. The Kier molecular flexibility index (Phi) is 3.99. The van der Waals surface area contributed by atoms with Crippen LogP contribution in [-0.4, -0.2) is 33.3 Å². The number of likely N-dealkylation sites (tertiary alicyclic amines) is 1. The van der Waals surface area contributed by atoms with Crippen molar-refractivity contribution in [3.8, 4) is 11.3 Å². The number of hydrogen-bond donors (Lipinski definition) is 0. The molecule has 3 heterocycles. The summed E-state index contributed by atoms with van der Waals surface area (Å²) in [4.78, 5) is 19.6. The van der Waals surface area contributed by atoms with Crippen molar-refractivity contribution in [2.45, 2.75) is 19.8 Å². The van der Waals surface area contributed by atoms with Crippen LogP contribution in [-0.2, 0) is 0 Å². The summed E-state index contributed by atoms with van der Waals surface area (Å²) in [6.45, 7) is 3.69. The van der Waals surface area contributed by atoms with Gasteiger partial charge in [-0.3, -0.25) is 9.20 Å². The maximum Gasteiger partial charge on any atom is 0.274 e. The summed E-state index contributed by atoms with van der Waals surface area (Å²) in [5.41, 5.74) is 2.66. The topological polar surface area (TPSA) is 37.6 Å². The molecule has 1 aliphatic rings.